The smallest absolute Gasteiger partial charge is 0.116 e. The molecule has 0 aromatic rings. The Balaban J connectivity index is 3.68. The molecule has 0 amide bonds. The third kappa shape index (κ3) is 5.68. The molecule has 0 bridgehead atoms. The number of nitrogens with two attached hydrogens (primary N) is 1. The molecule has 0 unspecified atom stereocenters. The average Bonchev–Trinajstić information content (AvgIpc) is 2.01. The van der Waals surface area contributed by atoms with Gasteiger partial charge in [-0.25, -0.2) is 0 Å². The summed E-state index contributed by atoms with van der Waals surface area (Å²) in [6, 6.07) is 0.234. The molecule has 0 atom stereocenters. The van der Waals surface area contributed by atoms with Crippen molar-refractivity contribution in [1.82, 2.24) is 0 Å². The van der Waals surface area contributed by atoms with E-state index < -0.39 is 5.97 Å². The van der Waals surface area contributed by atoms with Crippen LogP contribution in [-0.2, 0) is 4.79 Å². The number of rotatable bonds is 7. The first-order chi connectivity index (χ1) is 5.70. The van der Waals surface area contributed by atoms with Crippen molar-refractivity contribution in [3.8, 4) is 0 Å². The van der Waals surface area contributed by atoms with E-state index in [-0.39, 0.29) is 12.6 Å². The van der Waals surface area contributed by atoms with Crippen LogP contribution >= 0.6 is 0 Å². The minimum Gasteiger partial charge on any atom is -0.544 e. The highest BCUT2D eigenvalue weighted by Gasteiger charge is 2.06. The molecule has 0 aromatic carbocycles. The third-order valence-corrected chi connectivity index (χ3v) is 1.56. The maximum Gasteiger partial charge on any atom is 0.116 e. The predicted molar refractivity (Wildman–Crippen MR) is 45.2 cm³/mol. The van der Waals surface area contributed by atoms with Crippen LogP contribution in [0, 0.1) is 0 Å². The fraction of sp³-hybridized carbons (Fsp3) is 0.444. The van der Waals surface area contributed by atoms with Crippen molar-refractivity contribution in [2.24, 2.45) is 0 Å². The summed E-state index contributed by atoms with van der Waals surface area (Å²) >= 11 is 0. The molecule has 0 aliphatic rings. The number of quaternary nitrogens is 1. The molecule has 0 aliphatic carbocycles. The molecule has 0 aromatic heterocycles. The van der Waals surface area contributed by atoms with Crippen LogP contribution in [0.4, 0.5) is 0 Å². The van der Waals surface area contributed by atoms with E-state index in [0.717, 1.165) is 12.8 Å². The van der Waals surface area contributed by atoms with E-state index >= 15 is 0 Å². The van der Waals surface area contributed by atoms with Gasteiger partial charge in [0, 0.05) is 12.8 Å². The van der Waals surface area contributed by atoms with Crippen LogP contribution < -0.4 is 10.4 Å². The van der Waals surface area contributed by atoms with Crippen LogP contribution in [0.2, 0.25) is 0 Å². The minimum absolute atomic E-state index is 0.00630. The van der Waals surface area contributed by atoms with Gasteiger partial charge < -0.3 is 15.2 Å². The number of carbonyl (C=O) groups is 1. The SMILES string of the molecule is C=CCC(CC=C)[NH2+]CC(=O)[O-]. The molecule has 0 spiro atoms. The van der Waals surface area contributed by atoms with Crippen molar-refractivity contribution < 1.29 is 15.2 Å². The van der Waals surface area contributed by atoms with E-state index in [9.17, 15) is 9.90 Å². The molecule has 0 fully saturated rings. The van der Waals surface area contributed by atoms with Crippen molar-refractivity contribution in [2.45, 2.75) is 18.9 Å². The monoisotopic (exact) mass is 169 g/mol. The number of hydrogen-bond acceptors (Lipinski definition) is 2. The standard InChI is InChI=1S/C9H15NO2/c1-3-5-8(6-4-2)10-7-9(11)12/h3-4,8,10H,1-2,5-7H2,(H,11,12). The third-order valence-electron chi connectivity index (χ3n) is 1.56. The first-order valence-electron chi connectivity index (χ1n) is 3.95. The zero-order chi connectivity index (χ0) is 9.40. The van der Waals surface area contributed by atoms with E-state index in [4.69, 9.17) is 0 Å². The Morgan fingerprint density at radius 3 is 2.25 bits per heavy atom. The quantitative estimate of drug-likeness (QED) is 0.488. The molecular weight excluding hydrogens is 154 g/mol. The molecule has 3 heteroatoms. The largest absolute Gasteiger partial charge is 0.544 e. The van der Waals surface area contributed by atoms with Gasteiger partial charge in [0.25, 0.3) is 0 Å². The van der Waals surface area contributed by atoms with E-state index in [2.05, 4.69) is 13.2 Å². The molecule has 3 nitrogen and oxygen atoms in total. The van der Waals surface area contributed by atoms with Gasteiger partial charge in [-0.05, 0) is 0 Å². The van der Waals surface area contributed by atoms with Crippen LogP contribution in [0.3, 0.4) is 0 Å². The van der Waals surface area contributed by atoms with Gasteiger partial charge in [0.2, 0.25) is 0 Å². The van der Waals surface area contributed by atoms with Gasteiger partial charge in [-0.15, -0.1) is 13.2 Å². The lowest BCUT2D eigenvalue weighted by Crippen LogP contribution is -2.92. The van der Waals surface area contributed by atoms with Crippen molar-refractivity contribution in [1.29, 1.82) is 0 Å². The van der Waals surface area contributed by atoms with Gasteiger partial charge in [0.1, 0.15) is 6.54 Å². The van der Waals surface area contributed by atoms with Crippen LogP contribution in [0.25, 0.3) is 0 Å². The van der Waals surface area contributed by atoms with Crippen LogP contribution in [0.5, 0.6) is 0 Å². The van der Waals surface area contributed by atoms with Gasteiger partial charge in [0.05, 0.1) is 12.0 Å². The molecule has 0 rings (SSSR count). The summed E-state index contributed by atoms with van der Waals surface area (Å²) in [5, 5.41) is 11.9. The summed E-state index contributed by atoms with van der Waals surface area (Å²) in [5.74, 6) is -1.03. The van der Waals surface area contributed by atoms with E-state index in [1.165, 1.54) is 0 Å². The summed E-state index contributed by atoms with van der Waals surface area (Å²) in [5.41, 5.74) is 0. The molecular formula is C9H15NO2. The first-order valence-corrected chi connectivity index (χ1v) is 3.95. The number of hydrogen-bond donors (Lipinski definition) is 1. The van der Waals surface area contributed by atoms with E-state index in [1.54, 1.807) is 17.5 Å². The number of aliphatic carboxylic acids is 1. The van der Waals surface area contributed by atoms with Crippen molar-refractivity contribution >= 4 is 5.97 Å². The van der Waals surface area contributed by atoms with Gasteiger partial charge in [-0.3, -0.25) is 0 Å². The zero-order valence-electron chi connectivity index (χ0n) is 7.16. The Labute approximate surface area is 72.8 Å². The second-order valence-electron chi connectivity index (χ2n) is 2.62. The second-order valence-corrected chi connectivity index (χ2v) is 2.62. The zero-order valence-corrected chi connectivity index (χ0v) is 7.16. The Kier molecular flexibility index (Phi) is 6.01. The molecule has 68 valence electrons. The summed E-state index contributed by atoms with van der Waals surface area (Å²) < 4.78 is 0. The lowest BCUT2D eigenvalue weighted by atomic mass is 10.1. The second kappa shape index (κ2) is 6.61. The summed E-state index contributed by atoms with van der Waals surface area (Å²) in [6.45, 7) is 7.19. The van der Waals surface area contributed by atoms with E-state index in [1.807, 2.05) is 0 Å². The molecule has 0 saturated carbocycles. The van der Waals surface area contributed by atoms with Gasteiger partial charge >= 0.3 is 0 Å². The Morgan fingerprint density at radius 1 is 1.42 bits per heavy atom. The highest BCUT2D eigenvalue weighted by atomic mass is 16.4. The van der Waals surface area contributed by atoms with Crippen molar-refractivity contribution in [2.75, 3.05) is 6.54 Å². The van der Waals surface area contributed by atoms with Crippen LogP contribution in [-0.4, -0.2) is 18.6 Å². The Bertz CT molecular complexity index is 156. The van der Waals surface area contributed by atoms with Gasteiger partial charge in [-0.2, -0.15) is 0 Å². The summed E-state index contributed by atoms with van der Waals surface area (Å²) in [6.07, 6.45) is 5.14. The Hall–Kier alpha value is -1.09. The van der Waals surface area contributed by atoms with Crippen molar-refractivity contribution in [3.05, 3.63) is 25.3 Å². The van der Waals surface area contributed by atoms with Crippen LogP contribution in [0.15, 0.2) is 25.3 Å². The summed E-state index contributed by atoms with van der Waals surface area (Å²) in [7, 11) is 0. The highest BCUT2D eigenvalue weighted by Crippen LogP contribution is 1.93. The maximum atomic E-state index is 10.1. The normalized spacial score (nSPS) is 9.75. The van der Waals surface area contributed by atoms with Gasteiger partial charge in [0.15, 0.2) is 0 Å². The van der Waals surface area contributed by atoms with Gasteiger partial charge in [-0.1, -0.05) is 12.2 Å². The average molecular weight is 169 g/mol. The number of carbonyl (C=O) groups excluding carboxylic acids is 1. The van der Waals surface area contributed by atoms with E-state index in [0.29, 0.717) is 0 Å². The number of carboxylic acid groups (broad SMARTS) is 1. The predicted octanol–water partition coefficient (Wildman–Crippen LogP) is -1.18. The molecule has 12 heavy (non-hydrogen) atoms. The molecule has 0 saturated heterocycles. The Morgan fingerprint density at radius 2 is 1.92 bits per heavy atom. The first kappa shape index (κ1) is 10.9. The topological polar surface area (TPSA) is 56.7 Å². The fourth-order valence-electron chi connectivity index (χ4n) is 0.980. The fourth-order valence-corrected chi connectivity index (χ4v) is 0.980. The minimum atomic E-state index is -1.03. The molecule has 0 radical (unpaired) electrons. The molecule has 0 heterocycles. The summed E-state index contributed by atoms with van der Waals surface area (Å²) in [4.78, 5) is 10.1. The molecule has 2 N–H and O–H groups in total. The highest BCUT2D eigenvalue weighted by molar-refractivity contribution is 5.64. The lowest BCUT2D eigenvalue weighted by molar-refractivity contribution is -0.683. The molecule has 0 aliphatic heterocycles. The lowest BCUT2D eigenvalue weighted by Gasteiger charge is -2.11. The van der Waals surface area contributed by atoms with Crippen molar-refractivity contribution in [3.63, 3.8) is 0 Å². The number of carboxylic acids is 1. The van der Waals surface area contributed by atoms with Crippen LogP contribution in [0.1, 0.15) is 12.8 Å². The maximum absolute atomic E-state index is 10.1.